The van der Waals surface area contributed by atoms with Gasteiger partial charge in [-0.3, -0.25) is 0 Å². The molecule has 0 saturated heterocycles. The molecule has 1 aromatic heterocycles. The lowest BCUT2D eigenvalue weighted by Gasteiger charge is -2.08. The number of nitrogens with one attached hydrogen (secondary N) is 1. The third-order valence-corrected chi connectivity index (χ3v) is 2.32. The molecule has 5 nitrogen and oxygen atoms in total. The van der Waals surface area contributed by atoms with E-state index >= 15 is 0 Å². The molecular formula is C10H18N4O. The Morgan fingerprint density at radius 3 is 2.60 bits per heavy atom. The summed E-state index contributed by atoms with van der Waals surface area (Å²) in [6.07, 6.45) is 1.22. The molecule has 1 heterocycles. The monoisotopic (exact) mass is 210 g/mol. The van der Waals surface area contributed by atoms with Gasteiger partial charge >= 0.3 is 0 Å². The Morgan fingerprint density at radius 1 is 1.27 bits per heavy atom. The zero-order valence-electron chi connectivity index (χ0n) is 9.49. The summed E-state index contributed by atoms with van der Waals surface area (Å²) < 4.78 is 0. The summed E-state index contributed by atoms with van der Waals surface area (Å²) in [6, 6.07) is 0. The van der Waals surface area contributed by atoms with Crippen LogP contribution in [0.5, 0.6) is 0 Å². The quantitative estimate of drug-likeness (QED) is 0.760. The lowest BCUT2D eigenvalue weighted by Crippen LogP contribution is -2.14. The van der Waals surface area contributed by atoms with E-state index in [0.717, 1.165) is 17.8 Å². The molecule has 0 saturated carbocycles. The fraction of sp³-hybridized carbons (Fsp3) is 0.700. The summed E-state index contributed by atoms with van der Waals surface area (Å²) in [7, 11) is 0. The first-order valence-corrected chi connectivity index (χ1v) is 5.23. The van der Waals surface area contributed by atoms with Crippen LogP contribution >= 0.6 is 0 Å². The minimum absolute atomic E-state index is 0.253. The van der Waals surface area contributed by atoms with Gasteiger partial charge in [0.1, 0.15) is 0 Å². The molecule has 0 radical (unpaired) electrons. The van der Waals surface area contributed by atoms with E-state index in [4.69, 9.17) is 0 Å². The van der Waals surface area contributed by atoms with Crippen molar-refractivity contribution >= 4 is 5.95 Å². The fourth-order valence-electron chi connectivity index (χ4n) is 1.09. The van der Waals surface area contributed by atoms with Crippen LogP contribution in [0, 0.1) is 13.8 Å². The molecule has 1 aromatic rings. The largest absolute Gasteiger partial charge is 0.393 e. The van der Waals surface area contributed by atoms with Gasteiger partial charge in [-0.05, 0) is 26.7 Å². The Morgan fingerprint density at radius 2 is 2.00 bits per heavy atom. The molecule has 0 amide bonds. The van der Waals surface area contributed by atoms with E-state index in [0.29, 0.717) is 18.9 Å². The zero-order chi connectivity index (χ0) is 11.3. The van der Waals surface area contributed by atoms with Crippen molar-refractivity contribution in [3.05, 3.63) is 11.4 Å². The van der Waals surface area contributed by atoms with Crippen molar-refractivity contribution in [1.82, 2.24) is 15.2 Å². The van der Waals surface area contributed by atoms with Gasteiger partial charge in [-0.15, -0.1) is 5.10 Å². The number of rotatable bonds is 5. The smallest absolute Gasteiger partial charge is 0.242 e. The predicted molar refractivity (Wildman–Crippen MR) is 58.7 cm³/mol. The number of aryl methyl sites for hydroxylation is 2. The van der Waals surface area contributed by atoms with Crippen LogP contribution in [-0.2, 0) is 0 Å². The van der Waals surface area contributed by atoms with Crippen LogP contribution in [0.4, 0.5) is 5.95 Å². The Bertz CT molecular complexity index is 316. The second-order valence-electron chi connectivity index (χ2n) is 3.58. The molecule has 84 valence electrons. The third kappa shape index (κ3) is 3.79. The van der Waals surface area contributed by atoms with Crippen molar-refractivity contribution in [2.24, 2.45) is 0 Å². The third-order valence-electron chi connectivity index (χ3n) is 2.32. The first-order chi connectivity index (χ1) is 7.13. The molecule has 0 aliphatic rings. The number of aliphatic hydroxyl groups excluding tert-OH is 1. The molecule has 0 aromatic carbocycles. The van der Waals surface area contributed by atoms with Gasteiger partial charge in [0.25, 0.3) is 0 Å². The number of hydrogen-bond donors (Lipinski definition) is 2. The second-order valence-corrected chi connectivity index (χ2v) is 3.58. The fourth-order valence-corrected chi connectivity index (χ4v) is 1.09. The molecule has 1 atom stereocenters. The van der Waals surface area contributed by atoms with Gasteiger partial charge in [-0.25, -0.2) is 4.98 Å². The van der Waals surface area contributed by atoms with Crippen LogP contribution in [-0.4, -0.2) is 32.9 Å². The maximum Gasteiger partial charge on any atom is 0.242 e. The Labute approximate surface area is 90.0 Å². The summed E-state index contributed by atoms with van der Waals surface area (Å²) in [5, 5.41) is 20.2. The minimum atomic E-state index is -0.253. The van der Waals surface area contributed by atoms with E-state index < -0.39 is 0 Å². The molecule has 1 rings (SSSR count). The van der Waals surface area contributed by atoms with E-state index in [-0.39, 0.29) is 6.10 Å². The van der Waals surface area contributed by atoms with Gasteiger partial charge in [0.15, 0.2) is 0 Å². The van der Waals surface area contributed by atoms with Crippen LogP contribution in [0.15, 0.2) is 0 Å². The van der Waals surface area contributed by atoms with E-state index in [2.05, 4.69) is 20.5 Å². The maximum atomic E-state index is 9.34. The van der Waals surface area contributed by atoms with Gasteiger partial charge in [0.05, 0.1) is 17.5 Å². The molecule has 2 N–H and O–H groups in total. The number of nitrogens with zero attached hydrogens (tertiary/aromatic N) is 3. The lowest BCUT2D eigenvalue weighted by atomic mass is 10.2. The second kappa shape index (κ2) is 5.60. The van der Waals surface area contributed by atoms with Crippen molar-refractivity contribution in [3.8, 4) is 0 Å². The first-order valence-electron chi connectivity index (χ1n) is 5.23. The van der Waals surface area contributed by atoms with Gasteiger partial charge in [0.2, 0.25) is 5.95 Å². The molecule has 1 unspecified atom stereocenters. The Kier molecular flexibility index (Phi) is 4.42. The highest BCUT2D eigenvalue weighted by molar-refractivity contribution is 5.24. The van der Waals surface area contributed by atoms with Gasteiger partial charge < -0.3 is 10.4 Å². The molecule has 0 aliphatic carbocycles. The maximum absolute atomic E-state index is 9.34. The lowest BCUT2D eigenvalue weighted by molar-refractivity contribution is 0.164. The van der Waals surface area contributed by atoms with Crippen LogP contribution < -0.4 is 5.32 Å². The number of anilines is 1. The van der Waals surface area contributed by atoms with Crippen LogP contribution in [0.1, 0.15) is 31.2 Å². The predicted octanol–water partition coefficient (Wildman–Crippen LogP) is 1.06. The van der Waals surface area contributed by atoms with Crippen molar-refractivity contribution in [2.75, 3.05) is 11.9 Å². The Balaban J connectivity index is 2.41. The topological polar surface area (TPSA) is 70.9 Å². The number of hydrogen-bond acceptors (Lipinski definition) is 5. The Hall–Kier alpha value is -1.23. The average Bonchev–Trinajstić information content (AvgIpc) is 2.23. The molecule has 5 heteroatoms. The standard InChI is InChI=1S/C10H18N4O/c1-4-9(15)5-6-11-10-12-7(2)8(3)13-14-10/h9,15H,4-6H2,1-3H3,(H,11,12,14). The van der Waals surface area contributed by atoms with Gasteiger partial charge in [-0.1, -0.05) is 6.92 Å². The van der Waals surface area contributed by atoms with Gasteiger partial charge in [0, 0.05) is 6.54 Å². The molecule has 0 aliphatic heterocycles. The highest BCUT2D eigenvalue weighted by Crippen LogP contribution is 2.03. The number of aromatic nitrogens is 3. The van der Waals surface area contributed by atoms with E-state index in [1.807, 2.05) is 20.8 Å². The van der Waals surface area contributed by atoms with Crippen molar-refractivity contribution in [1.29, 1.82) is 0 Å². The molecule has 0 bridgehead atoms. The highest BCUT2D eigenvalue weighted by atomic mass is 16.3. The van der Waals surface area contributed by atoms with Gasteiger partial charge in [-0.2, -0.15) is 5.10 Å². The molecule has 0 spiro atoms. The summed E-state index contributed by atoms with van der Waals surface area (Å²) >= 11 is 0. The molecule has 0 fully saturated rings. The van der Waals surface area contributed by atoms with Crippen molar-refractivity contribution in [3.63, 3.8) is 0 Å². The summed E-state index contributed by atoms with van der Waals surface area (Å²) in [6.45, 7) is 6.40. The zero-order valence-corrected chi connectivity index (χ0v) is 9.49. The van der Waals surface area contributed by atoms with E-state index in [9.17, 15) is 5.11 Å². The van der Waals surface area contributed by atoms with Crippen LogP contribution in [0.25, 0.3) is 0 Å². The first kappa shape index (κ1) is 11.8. The number of aliphatic hydroxyl groups is 1. The van der Waals surface area contributed by atoms with Crippen molar-refractivity contribution in [2.45, 2.75) is 39.7 Å². The summed E-state index contributed by atoms with van der Waals surface area (Å²) in [5.74, 6) is 0.529. The van der Waals surface area contributed by atoms with Crippen LogP contribution in [0.2, 0.25) is 0 Å². The summed E-state index contributed by atoms with van der Waals surface area (Å²) in [4.78, 5) is 4.23. The normalized spacial score (nSPS) is 12.5. The minimum Gasteiger partial charge on any atom is -0.393 e. The SMILES string of the molecule is CCC(O)CCNc1nnc(C)c(C)n1. The average molecular weight is 210 g/mol. The highest BCUT2D eigenvalue weighted by Gasteiger charge is 2.03. The molecular weight excluding hydrogens is 192 g/mol. The van der Waals surface area contributed by atoms with E-state index in [1.165, 1.54) is 0 Å². The van der Waals surface area contributed by atoms with Crippen LogP contribution in [0.3, 0.4) is 0 Å². The molecule has 15 heavy (non-hydrogen) atoms. The van der Waals surface area contributed by atoms with E-state index in [1.54, 1.807) is 0 Å². The van der Waals surface area contributed by atoms with Crippen molar-refractivity contribution < 1.29 is 5.11 Å². The summed E-state index contributed by atoms with van der Waals surface area (Å²) in [5.41, 5.74) is 1.72.